The maximum atomic E-state index is 11.6. The first-order valence-corrected chi connectivity index (χ1v) is 10.8. The van der Waals surface area contributed by atoms with E-state index in [1.807, 2.05) is 18.2 Å². The van der Waals surface area contributed by atoms with E-state index in [9.17, 15) is 9.90 Å². The van der Waals surface area contributed by atoms with Gasteiger partial charge in [-0.05, 0) is 48.5 Å². The molecule has 2 heterocycles. The van der Waals surface area contributed by atoms with E-state index in [1.54, 1.807) is 49.6 Å². The highest BCUT2D eigenvalue weighted by atomic mass is 35.5. The number of aromatic nitrogens is 1. The molecule has 0 aliphatic heterocycles. The van der Waals surface area contributed by atoms with Crippen LogP contribution in [0.1, 0.15) is 16.1 Å². The molecular formula is C24H20Cl2N4O3. The number of hydrogen-bond acceptors (Lipinski definition) is 6. The van der Waals surface area contributed by atoms with Crippen molar-refractivity contribution in [2.45, 2.75) is 6.54 Å². The van der Waals surface area contributed by atoms with Gasteiger partial charge in [0.2, 0.25) is 0 Å². The van der Waals surface area contributed by atoms with Crippen LogP contribution in [0.4, 0.5) is 22.9 Å². The van der Waals surface area contributed by atoms with E-state index in [1.165, 1.54) is 6.07 Å². The van der Waals surface area contributed by atoms with E-state index in [0.29, 0.717) is 50.9 Å². The SMILES string of the molecule is CNc1ccnc(Nc2ccccc2C(=O)O)c1NCc1ccc(-c2cc(Cl)ccc2Cl)o1. The molecule has 4 aromatic rings. The van der Waals surface area contributed by atoms with Crippen molar-refractivity contribution in [2.75, 3.05) is 23.0 Å². The average Bonchev–Trinajstić information content (AvgIpc) is 3.28. The standard InChI is InChI=1S/C24H20Cl2N4O3/c1-27-20-10-11-28-23(30-19-5-3-2-4-16(19)24(31)32)22(20)29-13-15-7-9-21(33-15)17-12-14(25)6-8-18(17)26/h2-12,29H,13H2,1H3,(H,31,32)(H2,27,28,30). The van der Waals surface area contributed by atoms with Crippen LogP contribution >= 0.6 is 23.2 Å². The minimum absolute atomic E-state index is 0.147. The van der Waals surface area contributed by atoms with Crippen molar-refractivity contribution in [2.24, 2.45) is 0 Å². The number of hydrogen-bond donors (Lipinski definition) is 4. The number of para-hydroxylation sites is 1. The number of pyridine rings is 1. The number of rotatable bonds is 8. The Balaban J connectivity index is 1.59. The molecule has 0 fully saturated rings. The van der Waals surface area contributed by atoms with E-state index in [-0.39, 0.29) is 5.56 Å². The van der Waals surface area contributed by atoms with Crippen molar-refractivity contribution < 1.29 is 14.3 Å². The molecule has 0 unspecified atom stereocenters. The Morgan fingerprint density at radius 3 is 2.67 bits per heavy atom. The summed E-state index contributed by atoms with van der Waals surface area (Å²) in [7, 11) is 1.79. The van der Waals surface area contributed by atoms with Gasteiger partial charge in [0.1, 0.15) is 17.2 Å². The number of carbonyl (C=O) groups is 1. The van der Waals surface area contributed by atoms with Crippen LogP contribution in [0, 0.1) is 0 Å². The zero-order chi connectivity index (χ0) is 23.4. The van der Waals surface area contributed by atoms with Crippen molar-refractivity contribution >= 4 is 52.1 Å². The largest absolute Gasteiger partial charge is 0.478 e. The highest BCUT2D eigenvalue weighted by Crippen LogP contribution is 2.34. The van der Waals surface area contributed by atoms with E-state index >= 15 is 0 Å². The molecule has 0 saturated heterocycles. The highest BCUT2D eigenvalue weighted by Gasteiger charge is 2.15. The quantitative estimate of drug-likeness (QED) is 0.220. The van der Waals surface area contributed by atoms with Crippen molar-refractivity contribution in [3.05, 3.63) is 88.2 Å². The fourth-order valence-electron chi connectivity index (χ4n) is 3.33. The lowest BCUT2D eigenvalue weighted by Gasteiger charge is -2.17. The van der Waals surface area contributed by atoms with Crippen molar-refractivity contribution in [1.29, 1.82) is 0 Å². The maximum Gasteiger partial charge on any atom is 0.337 e. The van der Waals surface area contributed by atoms with Gasteiger partial charge in [-0.3, -0.25) is 0 Å². The minimum atomic E-state index is -1.03. The summed E-state index contributed by atoms with van der Waals surface area (Å²) in [5.74, 6) is 0.720. The van der Waals surface area contributed by atoms with Gasteiger partial charge in [0, 0.05) is 23.8 Å². The third-order valence-corrected chi connectivity index (χ3v) is 5.49. The Morgan fingerprint density at radius 2 is 1.88 bits per heavy atom. The Kier molecular flexibility index (Phi) is 6.72. The number of benzene rings is 2. The fraction of sp³-hybridized carbons (Fsp3) is 0.0833. The zero-order valence-corrected chi connectivity index (χ0v) is 19.0. The molecule has 4 rings (SSSR count). The third kappa shape index (κ3) is 5.05. The zero-order valence-electron chi connectivity index (χ0n) is 17.5. The molecule has 0 radical (unpaired) electrons. The van der Waals surface area contributed by atoms with Crippen LogP contribution in [0.2, 0.25) is 10.0 Å². The normalized spacial score (nSPS) is 10.6. The number of aromatic carboxylic acids is 1. The number of carboxylic acid groups (broad SMARTS) is 1. The van der Waals surface area contributed by atoms with Crippen molar-refractivity contribution in [1.82, 2.24) is 4.98 Å². The van der Waals surface area contributed by atoms with Gasteiger partial charge in [0.15, 0.2) is 5.82 Å². The second-order valence-electron chi connectivity index (χ2n) is 7.05. The van der Waals surface area contributed by atoms with Gasteiger partial charge in [-0.1, -0.05) is 35.3 Å². The summed E-state index contributed by atoms with van der Waals surface area (Å²) in [6, 6.07) is 17.3. The summed E-state index contributed by atoms with van der Waals surface area (Å²) < 4.78 is 5.96. The Bertz CT molecular complexity index is 1310. The molecule has 0 aliphatic carbocycles. The van der Waals surface area contributed by atoms with Gasteiger partial charge in [0.25, 0.3) is 0 Å². The summed E-state index contributed by atoms with van der Waals surface area (Å²) in [5, 5.41) is 20.2. The number of furan rings is 1. The maximum absolute atomic E-state index is 11.6. The number of halogens is 2. The number of nitrogens with one attached hydrogen (secondary N) is 3. The molecule has 168 valence electrons. The molecule has 0 spiro atoms. The van der Waals surface area contributed by atoms with E-state index < -0.39 is 5.97 Å². The van der Waals surface area contributed by atoms with Crippen LogP contribution in [0.15, 0.2) is 71.3 Å². The van der Waals surface area contributed by atoms with Crippen molar-refractivity contribution in [3.8, 4) is 11.3 Å². The first-order valence-electron chi connectivity index (χ1n) is 10.0. The van der Waals surface area contributed by atoms with Gasteiger partial charge in [0.05, 0.1) is 28.5 Å². The topological polar surface area (TPSA) is 99.4 Å². The molecule has 0 saturated carbocycles. The van der Waals surface area contributed by atoms with E-state index in [4.69, 9.17) is 27.6 Å². The lowest BCUT2D eigenvalue weighted by molar-refractivity contribution is 0.0698. The van der Waals surface area contributed by atoms with E-state index in [0.717, 1.165) is 5.69 Å². The number of anilines is 4. The number of nitrogens with zero attached hydrogens (tertiary/aromatic N) is 1. The molecule has 0 atom stereocenters. The van der Waals surface area contributed by atoms with Crippen LogP contribution in [-0.4, -0.2) is 23.1 Å². The molecule has 7 nitrogen and oxygen atoms in total. The summed E-state index contributed by atoms with van der Waals surface area (Å²) in [4.78, 5) is 16.0. The lowest BCUT2D eigenvalue weighted by Crippen LogP contribution is -2.08. The van der Waals surface area contributed by atoms with Crippen LogP contribution < -0.4 is 16.0 Å². The Labute approximate surface area is 200 Å². The smallest absolute Gasteiger partial charge is 0.337 e. The molecule has 33 heavy (non-hydrogen) atoms. The summed E-state index contributed by atoms with van der Waals surface area (Å²) in [6.45, 7) is 0.355. The predicted octanol–water partition coefficient (Wildman–Crippen LogP) is 6.74. The molecule has 0 aliphatic rings. The van der Waals surface area contributed by atoms with Crippen LogP contribution in [-0.2, 0) is 6.54 Å². The second kappa shape index (κ2) is 9.85. The van der Waals surface area contributed by atoms with Gasteiger partial charge in [-0.25, -0.2) is 9.78 Å². The van der Waals surface area contributed by atoms with E-state index in [2.05, 4.69) is 20.9 Å². The van der Waals surface area contributed by atoms with Crippen LogP contribution in [0.25, 0.3) is 11.3 Å². The first-order chi connectivity index (χ1) is 16.0. The third-order valence-electron chi connectivity index (χ3n) is 4.93. The second-order valence-corrected chi connectivity index (χ2v) is 7.90. The highest BCUT2D eigenvalue weighted by molar-refractivity contribution is 6.35. The summed E-state index contributed by atoms with van der Waals surface area (Å²) in [6.07, 6.45) is 1.63. The minimum Gasteiger partial charge on any atom is -0.478 e. The molecule has 0 amide bonds. The Morgan fingerprint density at radius 1 is 1.06 bits per heavy atom. The molecule has 9 heteroatoms. The van der Waals surface area contributed by atoms with Crippen LogP contribution in [0.5, 0.6) is 0 Å². The van der Waals surface area contributed by atoms with Gasteiger partial charge in [-0.2, -0.15) is 0 Å². The summed E-state index contributed by atoms with van der Waals surface area (Å²) >= 11 is 12.4. The van der Waals surface area contributed by atoms with Crippen LogP contribution in [0.3, 0.4) is 0 Å². The monoisotopic (exact) mass is 482 g/mol. The first kappa shape index (κ1) is 22.5. The predicted molar refractivity (Wildman–Crippen MR) is 132 cm³/mol. The summed E-state index contributed by atoms with van der Waals surface area (Å²) in [5.41, 5.74) is 2.74. The lowest BCUT2D eigenvalue weighted by atomic mass is 10.1. The molecule has 2 aromatic heterocycles. The Hall–Kier alpha value is -3.68. The van der Waals surface area contributed by atoms with Crippen molar-refractivity contribution in [3.63, 3.8) is 0 Å². The van der Waals surface area contributed by atoms with Gasteiger partial charge in [-0.15, -0.1) is 0 Å². The number of carboxylic acids is 1. The molecular weight excluding hydrogens is 463 g/mol. The molecule has 4 N–H and O–H groups in total. The molecule has 2 aromatic carbocycles. The fourth-order valence-corrected chi connectivity index (χ4v) is 3.71. The van der Waals surface area contributed by atoms with Gasteiger partial charge >= 0.3 is 5.97 Å². The van der Waals surface area contributed by atoms with Gasteiger partial charge < -0.3 is 25.5 Å². The average molecular weight is 483 g/mol. The molecule has 0 bridgehead atoms.